The Balaban J connectivity index is 2.75. The van der Waals surface area contributed by atoms with Crippen LogP contribution in [0.4, 0.5) is 0 Å². The number of ether oxygens (including phenoxy) is 1. The van der Waals surface area contributed by atoms with Crippen molar-refractivity contribution in [3.05, 3.63) is 35.4 Å². The number of hydrogen-bond acceptors (Lipinski definition) is 3. The molecular weight excluding hydrogens is 216 g/mol. The molecule has 0 aliphatic rings. The average molecular weight is 236 g/mol. The highest BCUT2D eigenvalue weighted by Crippen LogP contribution is 2.17. The van der Waals surface area contributed by atoms with Crippen molar-refractivity contribution in [3.8, 4) is 0 Å². The lowest BCUT2D eigenvalue weighted by molar-refractivity contribution is -0.118. The van der Waals surface area contributed by atoms with Crippen LogP contribution in [0.2, 0.25) is 0 Å². The highest BCUT2D eigenvalue weighted by atomic mass is 16.5. The molecule has 0 heterocycles. The van der Waals surface area contributed by atoms with E-state index in [2.05, 4.69) is 5.32 Å². The zero-order chi connectivity index (χ0) is 12.7. The SMILES string of the molecule is CCNC(CC(N)=O)c1ccc(COC)cc1. The van der Waals surface area contributed by atoms with Crippen LogP contribution in [-0.4, -0.2) is 19.6 Å². The second kappa shape index (κ2) is 7.04. The van der Waals surface area contributed by atoms with Gasteiger partial charge in [0.1, 0.15) is 0 Å². The summed E-state index contributed by atoms with van der Waals surface area (Å²) < 4.78 is 5.05. The van der Waals surface area contributed by atoms with Crippen molar-refractivity contribution in [2.24, 2.45) is 5.73 Å². The first kappa shape index (κ1) is 13.7. The van der Waals surface area contributed by atoms with Crippen LogP contribution in [0, 0.1) is 0 Å². The second-order valence-corrected chi connectivity index (χ2v) is 3.96. The van der Waals surface area contributed by atoms with Crippen LogP contribution in [0.3, 0.4) is 0 Å². The van der Waals surface area contributed by atoms with Crippen molar-refractivity contribution < 1.29 is 9.53 Å². The number of rotatable bonds is 7. The van der Waals surface area contributed by atoms with Gasteiger partial charge >= 0.3 is 0 Å². The van der Waals surface area contributed by atoms with E-state index in [4.69, 9.17) is 10.5 Å². The Kier molecular flexibility index (Phi) is 5.66. The van der Waals surface area contributed by atoms with Crippen LogP contribution in [0.25, 0.3) is 0 Å². The largest absolute Gasteiger partial charge is 0.380 e. The minimum Gasteiger partial charge on any atom is -0.380 e. The van der Waals surface area contributed by atoms with Gasteiger partial charge in [-0.2, -0.15) is 0 Å². The lowest BCUT2D eigenvalue weighted by Crippen LogP contribution is -2.26. The smallest absolute Gasteiger partial charge is 0.219 e. The monoisotopic (exact) mass is 236 g/mol. The summed E-state index contributed by atoms with van der Waals surface area (Å²) in [6.07, 6.45) is 0.317. The summed E-state index contributed by atoms with van der Waals surface area (Å²) >= 11 is 0. The summed E-state index contributed by atoms with van der Waals surface area (Å²) in [7, 11) is 1.67. The number of methoxy groups -OCH3 is 1. The third kappa shape index (κ3) is 4.54. The third-order valence-corrected chi connectivity index (χ3v) is 2.55. The molecule has 1 atom stereocenters. The van der Waals surface area contributed by atoms with E-state index in [0.29, 0.717) is 13.0 Å². The van der Waals surface area contributed by atoms with Gasteiger partial charge in [0, 0.05) is 19.6 Å². The van der Waals surface area contributed by atoms with Gasteiger partial charge in [0.2, 0.25) is 5.91 Å². The molecule has 4 nitrogen and oxygen atoms in total. The van der Waals surface area contributed by atoms with Crippen molar-refractivity contribution in [3.63, 3.8) is 0 Å². The van der Waals surface area contributed by atoms with Gasteiger partial charge in [0.25, 0.3) is 0 Å². The summed E-state index contributed by atoms with van der Waals surface area (Å²) in [4.78, 5) is 11.0. The van der Waals surface area contributed by atoms with E-state index in [1.54, 1.807) is 7.11 Å². The second-order valence-electron chi connectivity index (χ2n) is 3.96. The van der Waals surface area contributed by atoms with E-state index in [9.17, 15) is 4.79 Å². The van der Waals surface area contributed by atoms with Crippen LogP contribution >= 0.6 is 0 Å². The van der Waals surface area contributed by atoms with Crippen molar-refractivity contribution >= 4 is 5.91 Å². The number of primary amides is 1. The highest BCUT2D eigenvalue weighted by Gasteiger charge is 2.12. The van der Waals surface area contributed by atoms with Gasteiger partial charge in [-0.15, -0.1) is 0 Å². The molecule has 0 spiro atoms. The maximum atomic E-state index is 11.0. The first-order valence-electron chi connectivity index (χ1n) is 5.76. The Morgan fingerprint density at radius 3 is 2.53 bits per heavy atom. The molecule has 0 fully saturated rings. The average Bonchev–Trinajstić information content (AvgIpc) is 2.29. The van der Waals surface area contributed by atoms with Gasteiger partial charge in [0.15, 0.2) is 0 Å². The van der Waals surface area contributed by atoms with E-state index in [1.807, 2.05) is 31.2 Å². The molecule has 17 heavy (non-hydrogen) atoms. The molecule has 0 radical (unpaired) electrons. The summed E-state index contributed by atoms with van der Waals surface area (Å²) in [6.45, 7) is 3.41. The van der Waals surface area contributed by atoms with Gasteiger partial charge < -0.3 is 15.8 Å². The molecular formula is C13H20N2O2. The molecule has 0 bridgehead atoms. The summed E-state index contributed by atoms with van der Waals surface area (Å²) in [5, 5.41) is 3.25. The molecule has 0 aromatic heterocycles. The fourth-order valence-electron chi connectivity index (χ4n) is 1.77. The van der Waals surface area contributed by atoms with Gasteiger partial charge in [0.05, 0.1) is 6.61 Å². The topological polar surface area (TPSA) is 64.3 Å². The first-order chi connectivity index (χ1) is 8.17. The van der Waals surface area contributed by atoms with E-state index >= 15 is 0 Å². The molecule has 0 saturated carbocycles. The fourth-order valence-corrected chi connectivity index (χ4v) is 1.77. The van der Waals surface area contributed by atoms with E-state index in [0.717, 1.165) is 17.7 Å². The van der Waals surface area contributed by atoms with Gasteiger partial charge in [-0.1, -0.05) is 31.2 Å². The van der Waals surface area contributed by atoms with E-state index in [-0.39, 0.29) is 11.9 Å². The third-order valence-electron chi connectivity index (χ3n) is 2.55. The van der Waals surface area contributed by atoms with E-state index in [1.165, 1.54) is 0 Å². The Bertz CT molecular complexity index is 349. The quantitative estimate of drug-likeness (QED) is 0.751. The van der Waals surface area contributed by atoms with Gasteiger partial charge in [-0.25, -0.2) is 0 Å². The van der Waals surface area contributed by atoms with Crippen LogP contribution in [0.15, 0.2) is 24.3 Å². The van der Waals surface area contributed by atoms with Crippen molar-refractivity contribution in [1.82, 2.24) is 5.32 Å². The zero-order valence-corrected chi connectivity index (χ0v) is 10.4. The number of hydrogen-bond donors (Lipinski definition) is 2. The molecule has 0 aliphatic carbocycles. The molecule has 0 saturated heterocycles. The van der Waals surface area contributed by atoms with Crippen molar-refractivity contribution in [2.75, 3.05) is 13.7 Å². The molecule has 1 amide bonds. The minimum absolute atomic E-state index is 0.00547. The van der Waals surface area contributed by atoms with Gasteiger partial charge in [-0.3, -0.25) is 4.79 Å². The van der Waals surface area contributed by atoms with Gasteiger partial charge in [-0.05, 0) is 17.7 Å². The Labute approximate surface area is 102 Å². The zero-order valence-electron chi connectivity index (χ0n) is 10.4. The molecule has 4 heteroatoms. The maximum absolute atomic E-state index is 11.0. The molecule has 1 unspecified atom stereocenters. The number of carbonyl (C=O) groups excluding carboxylic acids is 1. The number of nitrogens with one attached hydrogen (secondary N) is 1. The van der Waals surface area contributed by atoms with Crippen molar-refractivity contribution in [1.29, 1.82) is 0 Å². The first-order valence-corrected chi connectivity index (χ1v) is 5.76. The molecule has 1 rings (SSSR count). The Hall–Kier alpha value is -1.39. The van der Waals surface area contributed by atoms with Crippen LogP contribution < -0.4 is 11.1 Å². The Morgan fingerprint density at radius 2 is 2.06 bits per heavy atom. The Morgan fingerprint density at radius 1 is 1.41 bits per heavy atom. The summed E-state index contributed by atoms with van der Waals surface area (Å²) in [5.41, 5.74) is 7.43. The van der Waals surface area contributed by atoms with Crippen LogP contribution in [0.5, 0.6) is 0 Å². The summed E-state index contributed by atoms with van der Waals surface area (Å²) in [6, 6.07) is 8.01. The predicted octanol–water partition coefficient (Wildman–Crippen LogP) is 1.36. The van der Waals surface area contributed by atoms with Crippen LogP contribution in [-0.2, 0) is 16.1 Å². The summed E-state index contributed by atoms with van der Waals surface area (Å²) in [5.74, 6) is -0.295. The number of benzene rings is 1. The fraction of sp³-hybridized carbons (Fsp3) is 0.462. The minimum atomic E-state index is -0.295. The molecule has 94 valence electrons. The number of carbonyl (C=O) groups is 1. The molecule has 1 aromatic carbocycles. The van der Waals surface area contributed by atoms with Crippen molar-refractivity contribution in [2.45, 2.75) is 26.0 Å². The van der Waals surface area contributed by atoms with E-state index < -0.39 is 0 Å². The predicted molar refractivity (Wildman–Crippen MR) is 67.4 cm³/mol. The molecule has 0 aliphatic heterocycles. The molecule has 3 N–H and O–H groups in total. The molecule has 1 aromatic rings. The normalized spacial score (nSPS) is 12.4. The maximum Gasteiger partial charge on any atom is 0.219 e. The lowest BCUT2D eigenvalue weighted by Gasteiger charge is -2.17. The lowest BCUT2D eigenvalue weighted by atomic mass is 10.0. The highest BCUT2D eigenvalue weighted by molar-refractivity contribution is 5.74. The standard InChI is InChI=1S/C13H20N2O2/c1-3-15-12(8-13(14)16)11-6-4-10(5-7-11)9-17-2/h4-7,12,15H,3,8-9H2,1-2H3,(H2,14,16). The number of nitrogens with two attached hydrogens (primary N) is 1. The van der Waals surface area contributed by atoms with Crippen LogP contribution in [0.1, 0.15) is 30.5 Å². The number of amides is 1.